The number of carbonyl (C=O) groups is 2. The molecule has 2 rings (SSSR count). The third-order valence-electron chi connectivity index (χ3n) is 3.91. The molecule has 0 saturated carbocycles. The third kappa shape index (κ3) is 4.78. The van der Waals surface area contributed by atoms with E-state index in [1.165, 1.54) is 10.2 Å². The quantitative estimate of drug-likeness (QED) is 0.513. The van der Waals surface area contributed by atoms with Crippen molar-refractivity contribution in [1.82, 2.24) is 14.3 Å². The van der Waals surface area contributed by atoms with Gasteiger partial charge in [0.05, 0.1) is 11.8 Å². The van der Waals surface area contributed by atoms with Crippen LogP contribution in [0.2, 0.25) is 0 Å². The number of carbonyl (C=O) groups excluding carboxylic acids is 1. The average Bonchev–Trinajstić information content (AvgIpc) is 2.84. The Labute approximate surface area is 162 Å². The van der Waals surface area contributed by atoms with E-state index in [4.69, 9.17) is 4.74 Å². The Morgan fingerprint density at radius 3 is 2.56 bits per heavy atom. The van der Waals surface area contributed by atoms with Crippen molar-refractivity contribution in [1.29, 1.82) is 0 Å². The van der Waals surface area contributed by atoms with Crippen molar-refractivity contribution in [3.8, 4) is 0 Å². The molecule has 1 unspecified atom stereocenters. The first-order valence-corrected chi connectivity index (χ1v) is 8.89. The predicted octanol–water partition coefficient (Wildman–Crippen LogP) is 3.02. The molecule has 1 atom stereocenters. The number of fused-ring (bicyclic) bond motifs is 1. The molecule has 0 bridgehead atoms. The average molecular weight is 397 g/mol. The summed E-state index contributed by atoms with van der Waals surface area (Å²) in [5.74, 6) is -2.44. The molecular weight excluding hydrogens is 373 g/mol. The van der Waals surface area contributed by atoms with Crippen LogP contribution in [-0.2, 0) is 16.1 Å². The molecule has 2 aromatic heterocycles. The molecule has 0 amide bonds. The van der Waals surface area contributed by atoms with Crippen molar-refractivity contribution in [2.24, 2.45) is 5.92 Å². The van der Waals surface area contributed by atoms with Crippen molar-refractivity contribution in [3.05, 3.63) is 29.3 Å². The summed E-state index contributed by atoms with van der Waals surface area (Å²) in [6, 6.07) is -0.682. The summed E-state index contributed by atoms with van der Waals surface area (Å²) < 4.78 is 21.1. The Hall–Kier alpha value is -2.13. The zero-order chi connectivity index (χ0) is 20.5. The monoisotopic (exact) mass is 397 g/mol. The molecule has 0 saturated heterocycles. The number of carboxylic acid groups (broad SMARTS) is 1. The molecule has 148 valence electrons. The van der Waals surface area contributed by atoms with E-state index in [1.807, 2.05) is 13.8 Å². The molecule has 2 heterocycles. The number of nitrogens with one attached hydrogen (secondary N) is 1. The summed E-state index contributed by atoms with van der Waals surface area (Å²) in [5.41, 5.74) is -0.422. The summed E-state index contributed by atoms with van der Waals surface area (Å²) in [6.45, 7) is 8.92. The number of carboxylic acids is 1. The number of rotatable bonds is 6. The zero-order valence-electron chi connectivity index (χ0n) is 15.9. The Kier molecular flexibility index (Phi) is 6.16. The minimum atomic E-state index is -1.21. The maximum atomic E-state index is 14.5. The summed E-state index contributed by atoms with van der Waals surface area (Å²) in [6.07, 6.45) is 2.27. The minimum absolute atomic E-state index is 0.0645. The number of pyridine rings is 1. The second-order valence-corrected chi connectivity index (χ2v) is 8.04. The molecule has 7 nitrogen and oxygen atoms in total. The van der Waals surface area contributed by atoms with Crippen LogP contribution in [-0.4, -0.2) is 37.6 Å². The second kappa shape index (κ2) is 7.85. The molecule has 0 aliphatic carbocycles. The van der Waals surface area contributed by atoms with E-state index in [9.17, 15) is 19.1 Å². The van der Waals surface area contributed by atoms with E-state index < -0.39 is 29.4 Å². The van der Waals surface area contributed by atoms with Gasteiger partial charge in [-0.3, -0.25) is 14.1 Å². The predicted molar refractivity (Wildman–Crippen MR) is 102 cm³/mol. The number of thiol groups is 1. The molecule has 0 aromatic carbocycles. The smallest absolute Gasteiger partial charge is 0.337 e. The fraction of sp³-hybridized carbons (Fsp3) is 0.500. The molecule has 2 N–H and O–H groups in total. The first-order valence-electron chi connectivity index (χ1n) is 8.49. The lowest BCUT2D eigenvalue weighted by Crippen LogP contribution is -2.44. The number of ether oxygens (including phenoxy) is 1. The lowest BCUT2D eigenvalue weighted by atomic mass is 10.0. The van der Waals surface area contributed by atoms with Gasteiger partial charge in [-0.05, 0) is 26.7 Å². The number of halogens is 1. The fourth-order valence-corrected chi connectivity index (χ4v) is 2.99. The molecule has 9 heteroatoms. The molecule has 2 aromatic rings. The Morgan fingerprint density at radius 1 is 1.41 bits per heavy atom. The van der Waals surface area contributed by atoms with Gasteiger partial charge in [-0.1, -0.05) is 26.7 Å². The van der Waals surface area contributed by atoms with Crippen LogP contribution in [0.4, 0.5) is 4.39 Å². The van der Waals surface area contributed by atoms with Crippen LogP contribution < -0.4 is 5.32 Å². The van der Waals surface area contributed by atoms with Crippen molar-refractivity contribution >= 4 is 35.8 Å². The minimum Gasteiger partial charge on any atom is -0.478 e. The highest BCUT2D eigenvalue weighted by Crippen LogP contribution is 2.27. The molecule has 0 aliphatic heterocycles. The van der Waals surface area contributed by atoms with Crippen LogP contribution in [0.5, 0.6) is 0 Å². The SMILES string of the molecule is CC(C)C(NCc1c(F)cnc2c1c(C(=O)O)cn2S)C(=O)OC(C)(C)C. The number of nitrogens with zero attached hydrogens (tertiary/aromatic N) is 2. The van der Waals surface area contributed by atoms with Gasteiger partial charge >= 0.3 is 11.9 Å². The van der Waals surface area contributed by atoms with Gasteiger partial charge in [0, 0.05) is 23.7 Å². The van der Waals surface area contributed by atoms with Crippen molar-refractivity contribution < 1.29 is 23.8 Å². The largest absolute Gasteiger partial charge is 0.478 e. The Morgan fingerprint density at radius 2 is 2.04 bits per heavy atom. The van der Waals surface area contributed by atoms with Gasteiger partial charge in [0.15, 0.2) is 5.65 Å². The van der Waals surface area contributed by atoms with Gasteiger partial charge in [-0.25, -0.2) is 14.2 Å². The molecule has 0 spiro atoms. The van der Waals surface area contributed by atoms with Crippen LogP contribution in [0.1, 0.15) is 50.5 Å². The zero-order valence-corrected chi connectivity index (χ0v) is 16.8. The van der Waals surface area contributed by atoms with E-state index in [0.717, 1.165) is 6.20 Å². The molecule has 0 fully saturated rings. The maximum Gasteiger partial charge on any atom is 0.337 e. The summed E-state index contributed by atoms with van der Waals surface area (Å²) in [7, 11) is 0. The normalized spacial score (nSPS) is 13.2. The van der Waals surface area contributed by atoms with Gasteiger partial charge < -0.3 is 9.84 Å². The first-order chi connectivity index (χ1) is 12.4. The number of esters is 1. The summed E-state index contributed by atoms with van der Waals surface area (Å²) in [5, 5.41) is 12.5. The molecule has 27 heavy (non-hydrogen) atoms. The fourth-order valence-electron chi connectivity index (χ4n) is 2.72. The van der Waals surface area contributed by atoms with Crippen molar-refractivity contribution in [2.75, 3.05) is 0 Å². The number of aromatic carboxylic acids is 1. The topological polar surface area (TPSA) is 93.5 Å². The van der Waals surface area contributed by atoms with Gasteiger partial charge in [0.2, 0.25) is 0 Å². The third-order valence-corrected chi connectivity index (χ3v) is 4.21. The summed E-state index contributed by atoms with van der Waals surface area (Å²) >= 11 is 4.14. The number of aromatic nitrogens is 2. The van der Waals surface area contributed by atoms with E-state index in [1.54, 1.807) is 20.8 Å². The molecule has 0 radical (unpaired) electrons. The Balaban J connectivity index is 2.38. The van der Waals surface area contributed by atoms with Gasteiger partial charge in [0.1, 0.15) is 17.5 Å². The first kappa shape index (κ1) is 21.2. The van der Waals surface area contributed by atoms with Crippen LogP contribution in [0.25, 0.3) is 11.0 Å². The number of hydrogen-bond donors (Lipinski definition) is 3. The highest BCUT2D eigenvalue weighted by Gasteiger charge is 2.28. The van der Waals surface area contributed by atoms with Gasteiger partial charge in [-0.2, -0.15) is 0 Å². The van der Waals surface area contributed by atoms with E-state index in [0.29, 0.717) is 0 Å². The highest BCUT2D eigenvalue weighted by molar-refractivity contribution is 7.78. The lowest BCUT2D eigenvalue weighted by Gasteiger charge is -2.26. The van der Waals surface area contributed by atoms with Crippen LogP contribution >= 0.6 is 12.8 Å². The standard InChI is InChI=1S/C18H24FN3O4S/c1-9(2)14(17(25)26-18(3,4)5)20-6-10-12(19)7-21-15-13(10)11(16(23)24)8-22(15)27/h7-9,14,20,27H,6H2,1-5H3,(H,23,24). The van der Waals surface area contributed by atoms with Crippen LogP contribution in [0.3, 0.4) is 0 Å². The van der Waals surface area contributed by atoms with Crippen molar-refractivity contribution in [2.45, 2.75) is 52.8 Å². The lowest BCUT2D eigenvalue weighted by molar-refractivity contribution is -0.158. The number of hydrogen-bond acceptors (Lipinski definition) is 6. The second-order valence-electron chi connectivity index (χ2n) is 7.61. The van der Waals surface area contributed by atoms with Crippen LogP contribution in [0.15, 0.2) is 12.4 Å². The van der Waals surface area contributed by atoms with E-state index in [-0.39, 0.29) is 34.6 Å². The van der Waals surface area contributed by atoms with Gasteiger partial charge in [0.25, 0.3) is 0 Å². The Bertz CT molecular complexity index is 874. The maximum absolute atomic E-state index is 14.5. The molecular formula is C18H24FN3O4S. The van der Waals surface area contributed by atoms with Crippen molar-refractivity contribution in [3.63, 3.8) is 0 Å². The molecule has 0 aliphatic rings. The highest BCUT2D eigenvalue weighted by atomic mass is 32.1. The summed E-state index contributed by atoms with van der Waals surface area (Å²) in [4.78, 5) is 27.9. The van der Waals surface area contributed by atoms with E-state index >= 15 is 0 Å². The van der Waals surface area contributed by atoms with Gasteiger partial charge in [-0.15, -0.1) is 0 Å². The van der Waals surface area contributed by atoms with E-state index in [2.05, 4.69) is 23.1 Å². The van der Waals surface area contributed by atoms with Crippen LogP contribution in [0, 0.1) is 11.7 Å².